The molecule has 5 rings (SSSR count). The first-order valence-corrected chi connectivity index (χ1v) is 17.4. The number of hydrogen-bond donors (Lipinski definition) is 2. The number of aliphatic hydroxyl groups excluding tert-OH is 1. The van der Waals surface area contributed by atoms with Crippen molar-refractivity contribution in [3.8, 4) is 0 Å². The average Bonchev–Trinajstić information content (AvgIpc) is 3.76. The molecule has 0 unspecified atom stereocenters. The summed E-state index contributed by atoms with van der Waals surface area (Å²) in [6.45, 7) is 11.2. The van der Waals surface area contributed by atoms with E-state index in [0.717, 1.165) is 0 Å². The molecule has 11 heteroatoms. The van der Waals surface area contributed by atoms with E-state index >= 15 is 0 Å². The van der Waals surface area contributed by atoms with Crippen LogP contribution >= 0.6 is 11.6 Å². The number of amides is 3. The lowest BCUT2D eigenvalue weighted by Gasteiger charge is -2.41. The fourth-order valence-corrected chi connectivity index (χ4v) is 7.94. The molecule has 3 fully saturated rings. The van der Waals surface area contributed by atoms with E-state index in [0.29, 0.717) is 42.0 Å². The van der Waals surface area contributed by atoms with Crippen LogP contribution in [-0.4, -0.2) is 77.2 Å². The van der Waals surface area contributed by atoms with Gasteiger partial charge in [-0.25, -0.2) is 0 Å². The van der Waals surface area contributed by atoms with Crippen molar-refractivity contribution < 1.29 is 33.8 Å². The van der Waals surface area contributed by atoms with E-state index in [1.165, 1.54) is 9.80 Å². The van der Waals surface area contributed by atoms with Crippen molar-refractivity contribution in [1.29, 1.82) is 0 Å². The Morgan fingerprint density at radius 1 is 1.16 bits per heavy atom. The van der Waals surface area contributed by atoms with Crippen LogP contribution in [0.3, 0.4) is 0 Å². The van der Waals surface area contributed by atoms with Gasteiger partial charge in [-0.05, 0) is 42.9 Å². The van der Waals surface area contributed by atoms with Gasteiger partial charge >= 0.3 is 5.97 Å². The van der Waals surface area contributed by atoms with Crippen LogP contribution in [0, 0.1) is 17.8 Å². The normalized spacial score (nSPS) is 25.6. The minimum absolute atomic E-state index is 0.0376. The first-order valence-electron chi connectivity index (χ1n) is 17.0. The number of nitrogens with zero attached hydrogens (tertiary/aromatic N) is 2. The highest BCUT2D eigenvalue weighted by molar-refractivity contribution is 6.34. The van der Waals surface area contributed by atoms with Crippen molar-refractivity contribution in [2.45, 2.75) is 75.8 Å². The molecule has 3 saturated heterocycles. The summed E-state index contributed by atoms with van der Waals surface area (Å²) in [6.07, 6.45) is 3.98. The van der Waals surface area contributed by atoms with Gasteiger partial charge in [-0.3, -0.25) is 19.2 Å². The average molecular weight is 692 g/mol. The molecule has 3 heterocycles. The molecule has 2 N–H and O–H groups in total. The van der Waals surface area contributed by atoms with Gasteiger partial charge in [-0.2, -0.15) is 0 Å². The highest BCUT2D eigenvalue weighted by Crippen LogP contribution is 2.59. The zero-order valence-corrected chi connectivity index (χ0v) is 28.9. The number of allylic oxidation sites excluding steroid dienone is 1. The van der Waals surface area contributed by atoms with Crippen molar-refractivity contribution in [3.05, 3.63) is 90.5 Å². The van der Waals surface area contributed by atoms with Crippen molar-refractivity contribution in [3.63, 3.8) is 0 Å². The maximum atomic E-state index is 14.9. The number of rotatable bonds is 16. The maximum Gasteiger partial charge on any atom is 0.313 e. The van der Waals surface area contributed by atoms with Crippen molar-refractivity contribution in [1.82, 2.24) is 10.2 Å². The monoisotopic (exact) mass is 691 g/mol. The molecule has 2 bridgehead atoms. The number of carbonyl (C=O) groups excluding carboxylic acids is 4. The molecule has 0 radical (unpaired) electrons. The van der Waals surface area contributed by atoms with Gasteiger partial charge in [0.15, 0.2) is 0 Å². The molecule has 10 nitrogen and oxygen atoms in total. The van der Waals surface area contributed by atoms with Gasteiger partial charge in [0.05, 0.1) is 47.8 Å². The third-order valence-corrected chi connectivity index (χ3v) is 10.6. The Bertz CT molecular complexity index is 1550. The van der Waals surface area contributed by atoms with Crippen molar-refractivity contribution in [2.24, 2.45) is 17.8 Å². The standard InChI is InChI=1S/C38H46ClN3O7/c1-5-8-18-31(44)40-22-30(25-14-10-9-11-15-25)48-37(47)32-29-19-20-38(49-29)33(32)35(45)42(28(23-43)24(4)7-3)34(38)36(46)41(21-6-2)27-17-13-12-16-26(27)39/h5-6,9-17,24,28-30,32-34,43H,1-2,7-8,18-23H2,3-4H3,(H,40,44)/t24-,28-,29+,30-,32-,33-,34+,38-/m0/s1. The summed E-state index contributed by atoms with van der Waals surface area (Å²) < 4.78 is 12.8. The van der Waals surface area contributed by atoms with E-state index in [2.05, 4.69) is 18.5 Å². The second-order valence-corrected chi connectivity index (χ2v) is 13.5. The first kappa shape index (κ1) is 36.3. The summed E-state index contributed by atoms with van der Waals surface area (Å²) in [4.78, 5) is 59.3. The molecule has 2 aromatic rings. The summed E-state index contributed by atoms with van der Waals surface area (Å²) in [5, 5.41) is 13.9. The number of likely N-dealkylation sites (tertiary alicyclic amines) is 1. The number of nitrogens with one attached hydrogen (secondary N) is 1. The van der Waals surface area contributed by atoms with Gasteiger partial charge < -0.3 is 29.7 Å². The number of halogens is 1. The van der Waals surface area contributed by atoms with Crippen molar-refractivity contribution in [2.75, 3.05) is 24.6 Å². The number of esters is 1. The number of fused-ring (bicyclic) bond motifs is 1. The van der Waals surface area contributed by atoms with Crippen LogP contribution in [0.2, 0.25) is 5.02 Å². The van der Waals surface area contributed by atoms with E-state index in [4.69, 9.17) is 21.1 Å². The van der Waals surface area contributed by atoms with E-state index in [1.807, 2.05) is 44.2 Å². The number of hydrogen-bond acceptors (Lipinski definition) is 7. The Balaban J connectivity index is 1.51. The quantitative estimate of drug-likeness (QED) is 0.187. The van der Waals surface area contributed by atoms with Gasteiger partial charge in [-0.1, -0.05) is 86.5 Å². The number of ether oxygens (including phenoxy) is 2. The van der Waals surface area contributed by atoms with E-state index < -0.39 is 59.5 Å². The largest absolute Gasteiger partial charge is 0.455 e. The Morgan fingerprint density at radius 3 is 2.53 bits per heavy atom. The summed E-state index contributed by atoms with van der Waals surface area (Å²) in [6, 6.07) is 14.2. The Morgan fingerprint density at radius 2 is 1.88 bits per heavy atom. The van der Waals surface area contributed by atoms with Gasteiger partial charge in [0.25, 0.3) is 5.91 Å². The number of para-hydroxylation sites is 1. The molecule has 8 atom stereocenters. The molecule has 2 aromatic carbocycles. The van der Waals surface area contributed by atoms with Gasteiger partial charge in [0, 0.05) is 13.0 Å². The molecule has 3 aliphatic heterocycles. The molecule has 3 aliphatic rings. The smallest absolute Gasteiger partial charge is 0.313 e. The van der Waals surface area contributed by atoms with E-state index in [-0.39, 0.29) is 37.9 Å². The van der Waals surface area contributed by atoms with Gasteiger partial charge in [-0.15, -0.1) is 13.2 Å². The summed E-state index contributed by atoms with van der Waals surface area (Å²) in [5.41, 5.74) is -0.191. The highest BCUT2D eigenvalue weighted by Gasteiger charge is 2.76. The van der Waals surface area contributed by atoms with Crippen LogP contribution in [0.4, 0.5) is 5.69 Å². The lowest BCUT2D eigenvalue weighted by Crippen LogP contribution is -2.60. The predicted octanol–water partition coefficient (Wildman–Crippen LogP) is 5.01. The van der Waals surface area contributed by atoms with Gasteiger partial charge in [0.1, 0.15) is 17.7 Å². The predicted molar refractivity (Wildman–Crippen MR) is 186 cm³/mol. The summed E-state index contributed by atoms with van der Waals surface area (Å²) >= 11 is 6.58. The zero-order chi connectivity index (χ0) is 35.3. The molecule has 262 valence electrons. The maximum absolute atomic E-state index is 14.9. The van der Waals surface area contributed by atoms with Crippen molar-refractivity contribution >= 4 is 41.0 Å². The second kappa shape index (κ2) is 15.7. The van der Waals surface area contributed by atoms with Crippen LogP contribution in [0.1, 0.15) is 57.6 Å². The number of anilines is 1. The molecule has 0 aliphatic carbocycles. The Kier molecular flexibility index (Phi) is 11.6. The lowest BCUT2D eigenvalue weighted by atomic mass is 9.70. The Hall–Kier alpha value is -3.99. The fourth-order valence-electron chi connectivity index (χ4n) is 7.71. The zero-order valence-electron chi connectivity index (χ0n) is 28.1. The number of aliphatic hydroxyl groups is 1. The molecular weight excluding hydrogens is 646 g/mol. The third kappa shape index (κ3) is 6.91. The topological polar surface area (TPSA) is 125 Å². The minimum atomic E-state index is -1.33. The van der Waals surface area contributed by atoms with Gasteiger partial charge in [0.2, 0.25) is 11.8 Å². The highest BCUT2D eigenvalue weighted by atomic mass is 35.5. The summed E-state index contributed by atoms with van der Waals surface area (Å²) in [5.74, 6) is -3.86. The number of benzene rings is 2. The van der Waals surface area contributed by atoms with Crippen LogP contribution in [0.15, 0.2) is 79.9 Å². The third-order valence-electron chi connectivity index (χ3n) is 10.3. The van der Waals surface area contributed by atoms with Crippen LogP contribution in [-0.2, 0) is 28.7 Å². The van der Waals surface area contributed by atoms with Crippen LogP contribution in [0.5, 0.6) is 0 Å². The molecule has 1 spiro atoms. The fraction of sp³-hybridized carbons (Fsp3) is 0.474. The number of carbonyl (C=O) groups is 4. The van der Waals surface area contributed by atoms with Crippen LogP contribution < -0.4 is 10.2 Å². The van der Waals surface area contributed by atoms with Crippen LogP contribution in [0.25, 0.3) is 0 Å². The SMILES string of the molecule is C=CCCC(=O)NC[C@H](OC(=O)[C@@H]1[C@H]2C(=O)N([C@@H](CO)[C@@H](C)CC)[C@H](C(=O)N(CC=C)c3ccccc3Cl)[C@]23CC[C@H]1O3)c1ccccc1. The minimum Gasteiger partial charge on any atom is -0.455 e. The summed E-state index contributed by atoms with van der Waals surface area (Å²) in [7, 11) is 0. The molecular formula is C38H46ClN3O7. The first-order chi connectivity index (χ1) is 23.6. The van der Waals surface area contributed by atoms with E-state index in [1.54, 1.807) is 36.4 Å². The molecule has 3 amide bonds. The molecule has 49 heavy (non-hydrogen) atoms. The second-order valence-electron chi connectivity index (χ2n) is 13.1. The molecule has 0 saturated carbocycles. The molecule has 0 aromatic heterocycles. The van der Waals surface area contributed by atoms with E-state index in [9.17, 15) is 24.3 Å². The Labute approximate surface area is 293 Å². The lowest BCUT2D eigenvalue weighted by molar-refractivity contribution is -0.161.